The van der Waals surface area contributed by atoms with Gasteiger partial charge in [0.2, 0.25) is 5.91 Å². The minimum atomic E-state index is -0.209. The van der Waals surface area contributed by atoms with Crippen molar-refractivity contribution in [3.8, 4) is 0 Å². The van der Waals surface area contributed by atoms with Crippen molar-refractivity contribution < 1.29 is 9.59 Å². The van der Waals surface area contributed by atoms with Crippen LogP contribution in [0.5, 0.6) is 0 Å². The Morgan fingerprint density at radius 3 is 2.63 bits per heavy atom. The van der Waals surface area contributed by atoms with Gasteiger partial charge in [0.25, 0.3) is 5.91 Å². The van der Waals surface area contributed by atoms with Crippen molar-refractivity contribution in [3.63, 3.8) is 0 Å². The maximum absolute atomic E-state index is 12.1. The molecule has 5 heteroatoms. The molecule has 2 rings (SSSR count). The molecule has 0 heterocycles. The fraction of sp³-hybridized carbons (Fsp3) is 0.429. The average molecular weight is 261 g/mol. The minimum Gasteiger partial charge on any atom is -0.355 e. The topological polar surface area (TPSA) is 84.2 Å². The Morgan fingerprint density at radius 2 is 2.00 bits per heavy atom. The van der Waals surface area contributed by atoms with Gasteiger partial charge in [-0.25, -0.2) is 0 Å². The van der Waals surface area contributed by atoms with Gasteiger partial charge in [-0.15, -0.1) is 0 Å². The highest BCUT2D eigenvalue weighted by Crippen LogP contribution is 2.26. The number of hydrogen-bond acceptors (Lipinski definition) is 3. The summed E-state index contributed by atoms with van der Waals surface area (Å²) >= 11 is 0. The number of amides is 2. The van der Waals surface area contributed by atoms with Crippen molar-refractivity contribution >= 4 is 17.5 Å². The van der Waals surface area contributed by atoms with E-state index in [0.717, 1.165) is 12.8 Å². The molecule has 102 valence electrons. The van der Waals surface area contributed by atoms with Gasteiger partial charge in [0.05, 0.1) is 11.3 Å². The molecule has 1 aromatic rings. The average Bonchev–Trinajstić information content (AvgIpc) is 2.85. The summed E-state index contributed by atoms with van der Waals surface area (Å²) in [6, 6.07) is 7.10. The van der Waals surface area contributed by atoms with Crippen LogP contribution in [-0.2, 0) is 4.79 Å². The predicted molar refractivity (Wildman–Crippen MR) is 73.8 cm³/mol. The fourth-order valence-corrected chi connectivity index (χ4v) is 2.41. The smallest absolute Gasteiger partial charge is 0.253 e. The zero-order valence-electron chi connectivity index (χ0n) is 11.0. The zero-order chi connectivity index (χ0) is 13.8. The Kier molecular flexibility index (Phi) is 4.16. The number of para-hydroxylation sites is 1. The van der Waals surface area contributed by atoms with Gasteiger partial charge >= 0.3 is 0 Å². The molecule has 2 amide bonds. The summed E-state index contributed by atoms with van der Waals surface area (Å²) in [6.45, 7) is 0. The van der Waals surface area contributed by atoms with E-state index in [-0.39, 0.29) is 23.8 Å². The number of anilines is 1. The first-order valence-corrected chi connectivity index (χ1v) is 6.49. The third-order valence-corrected chi connectivity index (χ3v) is 3.50. The van der Waals surface area contributed by atoms with E-state index in [9.17, 15) is 9.59 Å². The summed E-state index contributed by atoms with van der Waals surface area (Å²) < 4.78 is 0. The lowest BCUT2D eigenvalue weighted by molar-refractivity contribution is -0.119. The third-order valence-electron chi connectivity index (χ3n) is 3.50. The number of benzene rings is 1. The molecule has 0 spiro atoms. The molecule has 2 atom stereocenters. The molecule has 5 nitrogen and oxygen atoms in total. The number of nitrogens with two attached hydrogens (primary N) is 1. The van der Waals surface area contributed by atoms with Crippen LogP contribution < -0.4 is 16.4 Å². The Bertz CT molecular complexity index is 487. The minimum absolute atomic E-state index is 0.0484. The van der Waals surface area contributed by atoms with Gasteiger partial charge < -0.3 is 16.4 Å². The van der Waals surface area contributed by atoms with Gasteiger partial charge in [0.1, 0.15) is 0 Å². The molecule has 1 aliphatic carbocycles. The first kappa shape index (κ1) is 13.5. The lowest BCUT2D eigenvalue weighted by Crippen LogP contribution is -2.25. The quantitative estimate of drug-likeness (QED) is 0.762. The van der Waals surface area contributed by atoms with Crippen molar-refractivity contribution in [1.29, 1.82) is 0 Å². The third kappa shape index (κ3) is 3.12. The molecule has 0 bridgehead atoms. The number of carbonyl (C=O) groups is 2. The van der Waals surface area contributed by atoms with Crippen LogP contribution >= 0.6 is 0 Å². The summed E-state index contributed by atoms with van der Waals surface area (Å²) in [5, 5.41) is 5.39. The summed E-state index contributed by atoms with van der Waals surface area (Å²) in [7, 11) is 1.57. The predicted octanol–water partition coefficient (Wildman–Crippen LogP) is 1.11. The molecule has 1 aliphatic rings. The van der Waals surface area contributed by atoms with Gasteiger partial charge in [0, 0.05) is 19.0 Å². The number of rotatable bonds is 3. The summed E-state index contributed by atoms with van der Waals surface area (Å²) in [5.41, 5.74) is 6.83. The summed E-state index contributed by atoms with van der Waals surface area (Å²) in [4.78, 5) is 23.8. The second kappa shape index (κ2) is 5.84. The van der Waals surface area contributed by atoms with Crippen molar-refractivity contribution in [3.05, 3.63) is 29.8 Å². The first-order valence-electron chi connectivity index (χ1n) is 6.49. The van der Waals surface area contributed by atoms with Crippen LogP contribution in [0.15, 0.2) is 24.3 Å². The fourth-order valence-electron chi connectivity index (χ4n) is 2.41. The second-order valence-electron chi connectivity index (χ2n) is 4.88. The van der Waals surface area contributed by atoms with Gasteiger partial charge in [-0.3, -0.25) is 9.59 Å². The van der Waals surface area contributed by atoms with Crippen molar-refractivity contribution in [1.82, 2.24) is 5.32 Å². The Hall–Kier alpha value is -1.88. The molecule has 1 saturated carbocycles. The molecule has 1 fully saturated rings. The molecule has 0 saturated heterocycles. The van der Waals surface area contributed by atoms with Crippen LogP contribution in [0.1, 0.15) is 29.6 Å². The first-order chi connectivity index (χ1) is 9.11. The highest BCUT2D eigenvalue weighted by molar-refractivity contribution is 6.04. The molecule has 1 aromatic carbocycles. The van der Waals surface area contributed by atoms with Gasteiger partial charge in [0.15, 0.2) is 0 Å². The van der Waals surface area contributed by atoms with E-state index in [1.807, 2.05) is 0 Å². The second-order valence-corrected chi connectivity index (χ2v) is 4.88. The highest BCUT2D eigenvalue weighted by Gasteiger charge is 2.28. The molecule has 19 heavy (non-hydrogen) atoms. The van der Waals surface area contributed by atoms with Gasteiger partial charge in [-0.05, 0) is 31.4 Å². The zero-order valence-corrected chi connectivity index (χ0v) is 11.0. The summed E-state index contributed by atoms with van der Waals surface area (Å²) in [5.74, 6) is -0.309. The van der Waals surface area contributed by atoms with E-state index in [1.54, 1.807) is 31.3 Å². The van der Waals surface area contributed by atoms with E-state index >= 15 is 0 Å². The van der Waals surface area contributed by atoms with Crippen LogP contribution in [0.4, 0.5) is 5.69 Å². The molecule has 0 radical (unpaired) electrons. The molecule has 0 aliphatic heterocycles. The van der Waals surface area contributed by atoms with Crippen LogP contribution in [0.3, 0.4) is 0 Å². The lowest BCUT2D eigenvalue weighted by atomic mass is 10.1. The maximum atomic E-state index is 12.1. The maximum Gasteiger partial charge on any atom is 0.253 e. The summed E-state index contributed by atoms with van der Waals surface area (Å²) in [6.07, 6.45) is 2.41. The van der Waals surface area contributed by atoms with Crippen molar-refractivity contribution in [2.45, 2.75) is 25.3 Å². The van der Waals surface area contributed by atoms with Crippen LogP contribution in [0, 0.1) is 5.92 Å². The number of nitrogens with one attached hydrogen (secondary N) is 2. The lowest BCUT2D eigenvalue weighted by Gasteiger charge is -2.13. The molecule has 4 N–H and O–H groups in total. The Morgan fingerprint density at radius 1 is 1.26 bits per heavy atom. The van der Waals surface area contributed by atoms with Crippen molar-refractivity contribution in [2.75, 3.05) is 12.4 Å². The highest BCUT2D eigenvalue weighted by atomic mass is 16.2. The van der Waals surface area contributed by atoms with E-state index in [4.69, 9.17) is 5.73 Å². The van der Waals surface area contributed by atoms with Crippen LogP contribution in [0.25, 0.3) is 0 Å². The van der Waals surface area contributed by atoms with Gasteiger partial charge in [-0.1, -0.05) is 12.1 Å². The van der Waals surface area contributed by atoms with E-state index in [0.29, 0.717) is 17.7 Å². The van der Waals surface area contributed by atoms with E-state index < -0.39 is 0 Å². The monoisotopic (exact) mass is 261 g/mol. The largest absolute Gasteiger partial charge is 0.355 e. The number of hydrogen-bond donors (Lipinski definition) is 3. The standard InChI is InChI=1S/C14H19N3O2/c1-16-14(19)11-4-2-3-5-12(11)17-13(18)9-6-7-10(15)8-9/h2-5,9-10H,6-8,15H2,1H3,(H,16,19)(H,17,18). The van der Waals surface area contributed by atoms with Crippen LogP contribution in [-0.4, -0.2) is 24.9 Å². The SMILES string of the molecule is CNC(=O)c1ccccc1NC(=O)C1CCC(N)C1. The normalized spacial score (nSPS) is 22.0. The molecule has 0 aromatic heterocycles. The Labute approximate surface area is 112 Å². The molecule has 2 unspecified atom stereocenters. The van der Waals surface area contributed by atoms with Crippen molar-refractivity contribution in [2.24, 2.45) is 11.7 Å². The van der Waals surface area contributed by atoms with E-state index in [1.165, 1.54) is 0 Å². The van der Waals surface area contributed by atoms with Crippen LogP contribution in [0.2, 0.25) is 0 Å². The number of carbonyl (C=O) groups excluding carboxylic acids is 2. The van der Waals surface area contributed by atoms with E-state index in [2.05, 4.69) is 10.6 Å². The molecular formula is C14H19N3O2. The molecular weight excluding hydrogens is 242 g/mol. The van der Waals surface area contributed by atoms with Gasteiger partial charge in [-0.2, -0.15) is 0 Å². The Balaban J connectivity index is 2.10.